The van der Waals surface area contributed by atoms with E-state index in [9.17, 15) is 9.59 Å². The molecule has 152 valence electrons. The van der Waals surface area contributed by atoms with E-state index in [1.54, 1.807) is 22.8 Å². The molecule has 2 N–H and O–H groups in total. The highest BCUT2D eigenvalue weighted by Gasteiger charge is 2.15. The maximum atomic E-state index is 12.3. The van der Waals surface area contributed by atoms with Crippen molar-refractivity contribution in [2.75, 3.05) is 5.75 Å². The quantitative estimate of drug-likeness (QED) is 0.506. The number of nitrogens with zero attached hydrogens (tertiary/aromatic N) is 2. The number of aryl methyl sites for hydroxylation is 1. The van der Waals surface area contributed by atoms with Gasteiger partial charge < -0.3 is 5.32 Å². The third kappa shape index (κ3) is 5.88. The average molecular weight is 451 g/mol. The van der Waals surface area contributed by atoms with Crippen LogP contribution in [0.1, 0.15) is 24.1 Å². The normalized spacial score (nSPS) is 12.0. The van der Waals surface area contributed by atoms with E-state index in [1.165, 1.54) is 11.8 Å². The molecule has 1 amide bonds. The molecule has 1 aromatic heterocycles. The van der Waals surface area contributed by atoms with Gasteiger partial charge in [0.05, 0.1) is 11.8 Å². The second-order valence-corrected chi connectivity index (χ2v) is 8.23. The summed E-state index contributed by atoms with van der Waals surface area (Å²) in [4.78, 5) is 24.4. The van der Waals surface area contributed by atoms with E-state index >= 15 is 0 Å². The van der Waals surface area contributed by atoms with Gasteiger partial charge in [0.2, 0.25) is 5.91 Å². The Hall–Kier alpha value is -2.22. The van der Waals surface area contributed by atoms with Crippen molar-refractivity contribution in [3.63, 3.8) is 0 Å². The maximum Gasteiger partial charge on any atom is 0.343 e. The van der Waals surface area contributed by atoms with Gasteiger partial charge >= 0.3 is 5.69 Å². The van der Waals surface area contributed by atoms with Gasteiger partial charge in [0.1, 0.15) is 0 Å². The Morgan fingerprint density at radius 3 is 2.72 bits per heavy atom. The molecule has 1 unspecified atom stereocenters. The molecule has 3 aromatic rings. The average Bonchev–Trinajstić information content (AvgIpc) is 3.05. The van der Waals surface area contributed by atoms with E-state index in [-0.39, 0.29) is 23.4 Å². The highest BCUT2D eigenvalue weighted by molar-refractivity contribution is 7.99. The molecule has 0 fully saturated rings. The van der Waals surface area contributed by atoms with Crippen molar-refractivity contribution >= 4 is 40.9 Å². The molecule has 1 atom stereocenters. The zero-order chi connectivity index (χ0) is 20.8. The van der Waals surface area contributed by atoms with Crippen LogP contribution in [0.15, 0.2) is 58.5 Å². The van der Waals surface area contributed by atoms with Crippen LogP contribution in [0.4, 0.5) is 0 Å². The molecule has 0 saturated carbocycles. The lowest BCUT2D eigenvalue weighted by Crippen LogP contribution is -2.28. The van der Waals surface area contributed by atoms with Crippen LogP contribution in [0.2, 0.25) is 10.0 Å². The molecule has 0 saturated heterocycles. The Morgan fingerprint density at radius 1 is 1.24 bits per heavy atom. The van der Waals surface area contributed by atoms with Crippen molar-refractivity contribution in [1.82, 2.24) is 20.1 Å². The molecule has 6 nitrogen and oxygen atoms in total. The van der Waals surface area contributed by atoms with Gasteiger partial charge in [-0.15, -0.1) is 5.10 Å². The number of H-pyrrole nitrogens is 1. The largest absolute Gasteiger partial charge is 0.349 e. The monoisotopic (exact) mass is 450 g/mol. The summed E-state index contributed by atoms with van der Waals surface area (Å²) >= 11 is 13.3. The Labute approximate surface area is 182 Å². The van der Waals surface area contributed by atoms with E-state index in [0.29, 0.717) is 28.2 Å². The lowest BCUT2D eigenvalue weighted by Gasteiger charge is -2.16. The molecule has 29 heavy (non-hydrogen) atoms. The Balaban J connectivity index is 1.57. The summed E-state index contributed by atoms with van der Waals surface area (Å²) in [5.41, 5.74) is 1.63. The molecule has 0 aliphatic rings. The molecule has 0 aliphatic heterocycles. The standard InChI is InChI=1S/C20H20Cl2N4O2S/c1-13(16-8-7-15(21)11-17(16)22)23-18(27)12-29-20-25-24-19(28)26(20)10-9-14-5-3-2-4-6-14/h2-8,11,13H,9-10,12H2,1H3,(H,23,27)(H,24,28). The summed E-state index contributed by atoms with van der Waals surface area (Å²) in [6.45, 7) is 2.34. The van der Waals surface area contributed by atoms with Crippen molar-refractivity contribution in [1.29, 1.82) is 0 Å². The molecule has 0 spiro atoms. The Morgan fingerprint density at radius 2 is 2.00 bits per heavy atom. The molecule has 2 aromatic carbocycles. The van der Waals surface area contributed by atoms with Crippen LogP contribution in [-0.4, -0.2) is 26.4 Å². The Bertz CT molecular complexity index is 1040. The number of carbonyl (C=O) groups is 1. The highest BCUT2D eigenvalue weighted by Crippen LogP contribution is 2.26. The number of carbonyl (C=O) groups excluding carboxylic acids is 1. The summed E-state index contributed by atoms with van der Waals surface area (Å²) in [5, 5.41) is 10.9. The van der Waals surface area contributed by atoms with Gasteiger partial charge in [-0.3, -0.25) is 9.36 Å². The van der Waals surface area contributed by atoms with Crippen LogP contribution in [0.5, 0.6) is 0 Å². The van der Waals surface area contributed by atoms with Gasteiger partial charge in [-0.1, -0.05) is 71.4 Å². The zero-order valence-electron chi connectivity index (χ0n) is 15.7. The van der Waals surface area contributed by atoms with Gasteiger partial charge in [-0.05, 0) is 36.6 Å². The van der Waals surface area contributed by atoms with Crippen LogP contribution < -0.4 is 11.0 Å². The number of nitrogens with one attached hydrogen (secondary N) is 2. The predicted octanol–water partition coefficient (Wildman–Crippen LogP) is 4.09. The van der Waals surface area contributed by atoms with Crippen LogP contribution in [-0.2, 0) is 17.8 Å². The fraction of sp³-hybridized carbons (Fsp3) is 0.250. The SMILES string of the molecule is CC(NC(=O)CSc1n[nH]c(=O)n1CCc1ccccc1)c1ccc(Cl)cc1Cl. The number of halogens is 2. The molecular formula is C20H20Cl2N4O2S. The maximum absolute atomic E-state index is 12.3. The van der Waals surface area contributed by atoms with Crippen LogP contribution in [0.3, 0.4) is 0 Å². The van der Waals surface area contributed by atoms with Gasteiger partial charge in [-0.25, -0.2) is 9.89 Å². The van der Waals surface area contributed by atoms with Gasteiger partial charge in [0.15, 0.2) is 5.16 Å². The Kier molecular flexibility index (Phi) is 7.41. The smallest absolute Gasteiger partial charge is 0.343 e. The fourth-order valence-electron chi connectivity index (χ4n) is 2.84. The van der Waals surface area contributed by atoms with E-state index in [0.717, 1.165) is 11.1 Å². The molecule has 1 heterocycles. The first kappa shape index (κ1) is 21.5. The second kappa shape index (κ2) is 10.0. The lowest BCUT2D eigenvalue weighted by atomic mass is 10.1. The van der Waals surface area contributed by atoms with Crippen LogP contribution >= 0.6 is 35.0 Å². The van der Waals surface area contributed by atoms with E-state index in [1.807, 2.05) is 37.3 Å². The summed E-state index contributed by atoms with van der Waals surface area (Å²) in [5.74, 6) is -0.0517. The summed E-state index contributed by atoms with van der Waals surface area (Å²) in [7, 11) is 0. The molecule has 0 bridgehead atoms. The first-order valence-corrected chi connectivity index (χ1v) is 10.7. The predicted molar refractivity (Wildman–Crippen MR) is 117 cm³/mol. The zero-order valence-corrected chi connectivity index (χ0v) is 18.0. The number of thioether (sulfide) groups is 1. The van der Waals surface area contributed by atoms with Crippen molar-refractivity contribution < 1.29 is 4.79 Å². The molecule has 0 aliphatic carbocycles. The third-order valence-corrected chi connectivity index (χ3v) is 5.87. The van der Waals surface area contributed by atoms with Gasteiger partial charge in [0.25, 0.3) is 0 Å². The van der Waals surface area contributed by atoms with Crippen molar-refractivity contribution in [3.05, 3.63) is 80.2 Å². The van der Waals surface area contributed by atoms with Gasteiger partial charge in [-0.2, -0.15) is 0 Å². The number of benzene rings is 2. The molecular weight excluding hydrogens is 431 g/mol. The summed E-state index contributed by atoms with van der Waals surface area (Å²) in [6, 6.07) is 14.8. The lowest BCUT2D eigenvalue weighted by molar-refractivity contribution is -0.119. The highest BCUT2D eigenvalue weighted by atomic mass is 35.5. The number of hydrogen-bond acceptors (Lipinski definition) is 4. The van der Waals surface area contributed by atoms with Crippen LogP contribution in [0, 0.1) is 0 Å². The van der Waals surface area contributed by atoms with E-state index in [4.69, 9.17) is 23.2 Å². The minimum absolute atomic E-state index is 0.130. The topological polar surface area (TPSA) is 79.8 Å². The second-order valence-electron chi connectivity index (χ2n) is 6.44. The molecule has 3 rings (SSSR count). The summed E-state index contributed by atoms with van der Waals surface area (Å²) < 4.78 is 1.55. The minimum atomic E-state index is -0.287. The number of aromatic nitrogens is 3. The summed E-state index contributed by atoms with van der Waals surface area (Å²) in [6.07, 6.45) is 0.701. The van der Waals surface area contributed by atoms with Crippen molar-refractivity contribution in [2.24, 2.45) is 0 Å². The van der Waals surface area contributed by atoms with Gasteiger partial charge in [0, 0.05) is 16.6 Å². The number of amides is 1. The number of hydrogen-bond donors (Lipinski definition) is 2. The molecule has 9 heteroatoms. The first-order valence-electron chi connectivity index (χ1n) is 9.00. The van der Waals surface area contributed by atoms with Crippen LogP contribution in [0.25, 0.3) is 0 Å². The van der Waals surface area contributed by atoms with E-state index in [2.05, 4.69) is 15.5 Å². The third-order valence-electron chi connectivity index (χ3n) is 4.33. The van der Waals surface area contributed by atoms with E-state index < -0.39 is 0 Å². The first-order chi connectivity index (χ1) is 13.9. The van der Waals surface area contributed by atoms with Crippen molar-refractivity contribution in [2.45, 2.75) is 31.1 Å². The number of rotatable bonds is 8. The number of aromatic amines is 1. The van der Waals surface area contributed by atoms with Crippen molar-refractivity contribution in [3.8, 4) is 0 Å². The fourth-order valence-corrected chi connectivity index (χ4v) is 4.20. The minimum Gasteiger partial charge on any atom is -0.349 e. The molecule has 0 radical (unpaired) electrons.